The molecule has 0 bridgehead atoms. The molecule has 2 aromatic carbocycles. The van der Waals surface area contributed by atoms with E-state index in [1.807, 2.05) is 42.5 Å². The number of hydrogen-bond donors (Lipinski definition) is 0. The van der Waals surface area contributed by atoms with E-state index in [0.717, 1.165) is 29.0 Å². The van der Waals surface area contributed by atoms with Gasteiger partial charge in [0.1, 0.15) is 5.75 Å². The maximum Gasteiger partial charge on any atom is 0.302 e. The van der Waals surface area contributed by atoms with E-state index >= 15 is 0 Å². The molecule has 1 heterocycles. The molecule has 0 N–H and O–H groups in total. The van der Waals surface area contributed by atoms with Crippen LogP contribution in [0.1, 0.15) is 24.5 Å². The van der Waals surface area contributed by atoms with Gasteiger partial charge in [-0.2, -0.15) is 5.10 Å². The van der Waals surface area contributed by atoms with Crippen LogP contribution in [0.3, 0.4) is 0 Å². The Kier molecular flexibility index (Phi) is 6.46. The molecule has 0 fully saturated rings. The van der Waals surface area contributed by atoms with Gasteiger partial charge in [0.25, 0.3) is 0 Å². The van der Waals surface area contributed by atoms with Gasteiger partial charge in [0, 0.05) is 11.1 Å². The average molecular weight is 401 g/mol. The molecule has 148 valence electrons. The summed E-state index contributed by atoms with van der Waals surface area (Å²) in [5.74, 6) is 2.03. The number of carbonyl (C=O) groups excluding carboxylic acids is 1. The fourth-order valence-corrected chi connectivity index (χ4v) is 4.02. The summed E-state index contributed by atoms with van der Waals surface area (Å²) in [7, 11) is 4.83. The van der Waals surface area contributed by atoms with E-state index in [9.17, 15) is 4.79 Å². The molecule has 0 aliphatic carbocycles. The number of nitrogens with zero attached hydrogens (tertiary/aromatic N) is 2. The molecule has 1 aliphatic rings. The molecule has 1 atom stereocenters. The van der Waals surface area contributed by atoms with Crippen molar-refractivity contribution in [1.29, 1.82) is 0 Å². The molecule has 0 spiro atoms. The number of hydrogen-bond acceptors (Lipinski definition) is 6. The minimum Gasteiger partial charge on any atom is -0.496 e. The normalized spacial score (nSPS) is 16.6. The molecule has 0 aromatic heterocycles. The van der Waals surface area contributed by atoms with Crippen molar-refractivity contribution < 1.29 is 19.0 Å². The van der Waals surface area contributed by atoms with Gasteiger partial charge in [0.2, 0.25) is 0 Å². The monoisotopic (exact) mass is 400 g/mol. The fraction of sp³-hybridized carbons (Fsp3) is 0.333. The van der Waals surface area contributed by atoms with Crippen molar-refractivity contribution >= 4 is 22.7 Å². The van der Waals surface area contributed by atoms with Crippen molar-refractivity contribution in [1.82, 2.24) is 5.01 Å². The smallest absolute Gasteiger partial charge is 0.302 e. The van der Waals surface area contributed by atoms with E-state index in [2.05, 4.69) is 6.92 Å². The lowest BCUT2D eigenvalue weighted by atomic mass is 10.0. The van der Waals surface area contributed by atoms with E-state index in [1.54, 1.807) is 21.3 Å². The standard InChI is InChI=1S/C21H24N2O4S/c1-5-19-20(14-10-11-17(26-3)18(12-14)27-4)22-23(21(24)28-19)13-15-8-6-7-9-16(15)25-2/h6-12,19H,5,13H2,1-4H3. The highest BCUT2D eigenvalue weighted by Crippen LogP contribution is 2.34. The third kappa shape index (κ3) is 4.09. The Morgan fingerprint density at radius 2 is 1.71 bits per heavy atom. The molecule has 1 unspecified atom stereocenters. The first-order valence-electron chi connectivity index (χ1n) is 9.02. The number of methoxy groups -OCH3 is 3. The Morgan fingerprint density at radius 1 is 1.00 bits per heavy atom. The lowest BCUT2D eigenvalue weighted by Gasteiger charge is -2.29. The predicted octanol–water partition coefficient (Wildman–Crippen LogP) is 4.56. The summed E-state index contributed by atoms with van der Waals surface area (Å²) >= 11 is 1.30. The van der Waals surface area contributed by atoms with Crippen LogP contribution in [-0.2, 0) is 6.54 Å². The van der Waals surface area contributed by atoms with Crippen molar-refractivity contribution in [2.75, 3.05) is 21.3 Å². The molecule has 2 aromatic rings. The number of hydrazone groups is 1. The summed E-state index contributed by atoms with van der Waals surface area (Å²) in [6, 6.07) is 13.3. The zero-order valence-electron chi connectivity index (χ0n) is 16.5. The first-order valence-corrected chi connectivity index (χ1v) is 9.90. The van der Waals surface area contributed by atoms with E-state index < -0.39 is 0 Å². The molecular weight excluding hydrogens is 376 g/mol. The quantitative estimate of drug-likeness (QED) is 0.682. The van der Waals surface area contributed by atoms with Crippen LogP contribution in [0.25, 0.3) is 0 Å². The number of carbonyl (C=O) groups is 1. The molecule has 1 aliphatic heterocycles. The van der Waals surface area contributed by atoms with Gasteiger partial charge < -0.3 is 14.2 Å². The summed E-state index contributed by atoms with van der Waals surface area (Å²) in [5.41, 5.74) is 2.67. The van der Waals surface area contributed by atoms with Crippen LogP contribution in [0.5, 0.6) is 17.2 Å². The van der Waals surface area contributed by atoms with E-state index in [-0.39, 0.29) is 10.5 Å². The highest BCUT2D eigenvalue weighted by Gasteiger charge is 2.31. The highest BCUT2D eigenvalue weighted by atomic mass is 32.2. The first kappa shape index (κ1) is 20.1. The van der Waals surface area contributed by atoms with Gasteiger partial charge in [-0.15, -0.1) is 0 Å². The molecular formula is C21H24N2O4S. The number of rotatable bonds is 7. The fourth-order valence-electron chi connectivity index (χ4n) is 3.08. The summed E-state index contributed by atoms with van der Waals surface area (Å²) in [5, 5.41) is 6.13. The van der Waals surface area contributed by atoms with Gasteiger partial charge in [0.15, 0.2) is 11.5 Å². The van der Waals surface area contributed by atoms with Crippen molar-refractivity contribution in [2.45, 2.75) is 25.1 Å². The molecule has 0 radical (unpaired) electrons. The molecule has 6 nitrogen and oxygen atoms in total. The van der Waals surface area contributed by atoms with E-state index in [4.69, 9.17) is 19.3 Å². The maximum absolute atomic E-state index is 12.7. The summed E-state index contributed by atoms with van der Waals surface area (Å²) in [6.07, 6.45) is 0.798. The van der Waals surface area contributed by atoms with Crippen molar-refractivity contribution in [3.05, 3.63) is 53.6 Å². The molecule has 0 saturated heterocycles. The number of thioether (sulfide) groups is 1. The van der Waals surface area contributed by atoms with Crippen LogP contribution in [0.2, 0.25) is 0 Å². The zero-order valence-corrected chi connectivity index (χ0v) is 17.3. The highest BCUT2D eigenvalue weighted by molar-refractivity contribution is 8.14. The van der Waals surface area contributed by atoms with Crippen LogP contribution in [0, 0.1) is 0 Å². The van der Waals surface area contributed by atoms with Gasteiger partial charge >= 0.3 is 5.24 Å². The molecule has 3 rings (SSSR count). The van der Waals surface area contributed by atoms with Crippen molar-refractivity contribution in [3.63, 3.8) is 0 Å². The second-order valence-corrected chi connectivity index (χ2v) is 7.36. The number of amides is 1. The molecule has 7 heteroatoms. The number of ether oxygens (including phenoxy) is 3. The molecule has 1 amide bonds. The van der Waals surface area contributed by atoms with E-state index in [0.29, 0.717) is 18.0 Å². The van der Waals surface area contributed by atoms with Crippen molar-refractivity contribution in [2.24, 2.45) is 5.10 Å². The zero-order chi connectivity index (χ0) is 20.1. The van der Waals surface area contributed by atoms with Crippen LogP contribution in [0.4, 0.5) is 4.79 Å². The average Bonchev–Trinajstić information content (AvgIpc) is 2.74. The van der Waals surface area contributed by atoms with Gasteiger partial charge in [-0.3, -0.25) is 4.79 Å². The first-order chi connectivity index (χ1) is 13.6. The van der Waals surface area contributed by atoms with Crippen LogP contribution in [-0.4, -0.2) is 42.5 Å². The minimum atomic E-state index is -0.0676. The van der Waals surface area contributed by atoms with Crippen LogP contribution < -0.4 is 14.2 Å². The largest absolute Gasteiger partial charge is 0.496 e. The number of benzene rings is 2. The Hall–Kier alpha value is -2.67. The third-order valence-electron chi connectivity index (χ3n) is 4.55. The third-order valence-corrected chi connectivity index (χ3v) is 5.80. The van der Waals surface area contributed by atoms with Crippen LogP contribution >= 0.6 is 11.8 Å². The Labute approximate surface area is 169 Å². The topological polar surface area (TPSA) is 60.4 Å². The van der Waals surface area contributed by atoms with Gasteiger partial charge in [-0.05, 0) is 30.7 Å². The second-order valence-electron chi connectivity index (χ2n) is 6.21. The second kappa shape index (κ2) is 9.01. The molecule has 28 heavy (non-hydrogen) atoms. The number of para-hydroxylation sites is 1. The molecule has 0 saturated carbocycles. The lowest BCUT2D eigenvalue weighted by Crippen LogP contribution is -2.34. The summed E-state index contributed by atoms with van der Waals surface area (Å²) in [6.45, 7) is 2.40. The van der Waals surface area contributed by atoms with Crippen LogP contribution in [0.15, 0.2) is 47.6 Å². The van der Waals surface area contributed by atoms with Gasteiger partial charge in [-0.1, -0.05) is 36.9 Å². The maximum atomic E-state index is 12.7. The minimum absolute atomic E-state index is 0.0143. The predicted molar refractivity (Wildman–Crippen MR) is 112 cm³/mol. The Balaban J connectivity index is 1.98. The SMILES string of the molecule is CCC1SC(=O)N(Cc2ccccc2OC)N=C1c1ccc(OC)c(OC)c1. The Morgan fingerprint density at radius 3 is 2.39 bits per heavy atom. The van der Waals surface area contributed by atoms with E-state index in [1.165, 1.54) is 16.8 Å². The summed E-state index contributed by atoms with van der Waals surface area (Å²) < 4.78 is 16.2. The van der Waals surface area contributed by atoms with Gasteiger partial charge in [0.05, 0.1) is 38.8 Å². The van der Waals surface area contributed by atoms with Crippen molar-refractivity contribution in [3.8, 4) is 17.2 Å². The van der Waals surface area contributed by atoms with Gasteiger partial charge in [-0.25, -0.2) is 5.01 Å². The lowest BCUT2D eigenvalue weighted by molar-refractivity contribution is 0.221. The summed E-state index contributed by atoms with van der Waals surface area (Å²) in [4.78, 5) is 12.7. The Bertz CT molecular complexity index is 884.